The van der Waals surface area contributed by atoms with E-state index in [9.17, 15) is 4.79 Å². The molecule has 0 bridgehead atoms. The molecule has 3 N–H and O–H groups in total. The molecule has 0 saturated heterocycles. The average molecular weight is 285 g/mol. The predicted octanol–water partition coefficient (Wildman–Crippen LogP) is 1.87. The van der Waals surface area contributed by atoms with Gasteiger partial charge in [-0.05, 0) is 25.0 Å². The first-order chi connectivity index (χ1) is 10.2. The highest BCUT2D eigenvalue weighted by Gasteiger charge is 2.35. The van der Waals surface area contributed by atoms with Crippen molar-refractivity contribution in [3.63, 3.8) is 0 Å². The second-order valence-electron chi connectivity index (χ2n) is 5.54. The van der Waals surface area contributed by atoms with E-state index in [0.29, 0.717) is 5.69 Å². The van der Waals surface area contributed by atoms with Gasteiger partial charge in [-0.15, -0.1) is 5.10 Å². The van der Waals surface area contributed by atoms with Crippen LogP contribution in [0.5, 0.6) is 0 Å². The highest BCUT2D eigenvalue weighted by atomic mass is 16.2. The van der Waals surface area contributed by atoms with Crippen molar-refractivity contribution >= 4 is 11.6 Å². The van der Waals surface area contributed by atoms with Crippen LogP contribution in [0.25, 0.3) is 5.69 Å². The zero-order chi connectivity index (χ0) is 14.7. The molecule has 0 aliphatic heterocycles. The SMILES string of the molecule is NC1(C(=O)Nc2ccccc2-n2ccnn2)CCCCC1. The van der Waals surface area contributed by atoms with E-state index in [0.717, 1.165) is 37.8 Å². The minimum atomic E-state index is -0.756. The van der Waals surface area contributed by atoms with Gasteiger partial charge in [0, 0.05) is 0 Å². The molecule has 0 unspecified atom stereocenters. The van der Waals surface area contributed by atoms with Gasteiger partial charge in [0.15, 0.2) is 0 Å². The molecule has 1 amide bonds. The zero-order valence-electron chi connectivity index (χ0n) is 11.8. The number of para-hydroxylation sites is 2. The van der Waals surface area contributed by atoms with Crippen LogP contribution < -0.4 is 11.1 Å². The lowest BCUT2D eigenvalue weighted by molar-refractivity contribution is -0.122. The zero-order valence-corrected chi connectivity index (χ0v) is 11.8. The number of rotatable bonds is 3. The summed E-state index contributed by atoms with van der Waals surface area (Å²) < 4.78 is 1.62. The van der Waals surface area contributed by atoms with Crippen LogP contribution in [0.15, 0.2) is 36.7 Å². The summed E-state index contributed by atoms with van der Waals surface area (Å²) in [5.74, 6) is -0.116. The lowest BCUT2D eigenvalue weighted by atomic mass is 9.82. The van der Waals surface area contributed by atoms with Crippen LogP contribution in [0.1, 0.15) is 32.1 Å². The number of carbonyl (C=O) groups is 1. The van der Waals surface area contributed by atoms with Crippen molar-refractivity contribution in [1.29, 1.82) is 0 Å². The molecule has 6 nitrogen and oxygen atoms in total. The van der Waals surface area contributed by atoms with Crippen LogP contribution in [0.3, 0.4) is 0 Å². The first-order valence-corrected chi connectivity index (χ1v) is 7.25. The van der Waals surface area contributed by atoms with E-state index in [1.807, 2.05) is 24.3 Å². The Bertz CT molecular complexity index is 617. The number of anilines is 1. The quantitative estimate of drug-likeness (QED) is 0.901. The van der Waals surface area contributed by atoms with Gasteiger partial charge in [-0.1, -0.05) is 36.6 Å². The lowest BCUT2D eigenvalue weighted by Gasteiger charge is -2.32. The molecule has 21 heavy (non-hydrogen) atoms. The smallest absolute Gasteiger partial charge is 0.244 e. The third kappa shape index (κ3) is 2.80. The molecule has 1 aromatic carbocycles. The Morgan fingerprint density at radius 2 is 2.00 bits per heavy atom. The van der Waals surface area contributed by atoms with Crippen molar-refractivity contribution in [2.24, 2.45) is 5.73 Å². The monoisotopic (exact) mass is 285 g/mol. The number of hydrogen-bond donors (Lipinski definition) is 2. The van der Waals surface area contributed by atoms with Crippen LogP contribution in [0, 0.1) is 0 Å². The Balaban J connectivity index is 1.83. The fraction of sp³-hybridized carbons (Fsp3) is 0.400. The summed E-state index contributed by atoms with van der Waals surface area (Å²) in [5, 5.41) is 10.7. The van der Waals surface area contributed by atoms with Crippen molar-refractivity contribution in [3.05, 3.63) is 36.7 Å². The summed E-state index contributed by atoms with van der Waals surface area (Å²) in [6.45, 7) is 0. The summed E-state index contributed by atoms with van der Waals surface area (Å²) >= 11 is 0. The molecule has 0 radical (unpaired) electrons. The Labute approximate surface area is 123 Å². The van der Waals surface area contributed by atoms with E-state index >= 15 is 0 Å². The van der Waals surface area contributed by atoms with Crippen LogP contribution in [0.4, 0.5) is 5.69 Å². The van der Waals surface area contributed by atoms with E-state index in [2.05, 4.69) is 15.6 Å². The maximum Gasteiger partial charge on any atom is 0.244 e. The van der Waals surface area contributed by atoms with Crippen molar-refractivity contribution in [1.82, 2.24) is 15.0 Å². The molecular formula is C15H19N5O. The summed E-state index contributed by atoms with van der Waals surface area (Å²) in [7, 11) is 0. The third-order valence-corrected chi connectivity index (χ3v) is 4.02. The molecule has 1 aliphatic rings. The number of hydrogen-bond acceptors (Lipinski definition) is 4. The molecule has 6 heteroatoms. The molecule has 1 fully saturated rings. The number of amides is 1. The average Bonchev–Trinajstić information content (AvgIpc) is 3.02. The number of nitrogens with zero attached hydrogens (tertiary/aromatic N) is 3. The van der Waals surface area contributed by atoms with Crippen LogP contribution in [0.2, 0.25) is 0 Å². The summed E-state index contributed by atoms with van der Waals surface area (Å²) in [6.07, 6.45) is 7.99. The largest absolute Gasteiger partial charge is 0.323 e. The molecule has 3 rings (SSSR count). The second-order valence-corrected chi connectivity index (χ2v) is 5.54. The van der Waals surface area contributed by atoms with Gasteiger partial charge >= 0.3 is 0 Å². The van der Waals surface area contributed by atoms with Gasteiger partial charge in [0.2, 0.25) is 5.91 Å². The normalized spacial score (nSPS) is 17.4. The predicted molar refractivity (Wildman–Crippen MR) is 80.0 cm³/mol. The van der Waals surface area contributed by atoms with Crippen LogP contribution >= 0.6 is 0 Å². The Kier molecular flexibility index (Phi) is 3.70. The fourth-order valence-corrected chi connectivity index (χ4v) is 2.77. The van der Waals surface area contributed by atoms with Crippen molar-refractivity contribution < 1.29 is 4.79 Å². The molecule has 1 saturated carbocycles. The number of carbonyl (C=O) groups excluding carboxylic acids is 1. The van der Waals surface area contributed by atoms with Crippen molar-refractivity contribution in [3.8, 4) is 5.69 Å². The topological polar surface area (TPSA) is 85.8 Å². The van der Waals surface area contributed by atoms with Gasteiger partial charge in [0.25, 0.3) is 0 Å². The second kappa shape index (κ2) is 5.65. The molecule has 1 aromatic heterocycles. The van der Waals surface area contributed by atoms with E-state index in [1.54, 1.807) is 17.1 Å². The Hall–Kier alpha value is -2.21. The highest BCUT2D eigenvalue weighted by molar-refractivity contribution is 5.99. The summed E-state index contributed by atoms with van der Waals surface area (Å²) in [4.78, 5) is 12.5. The van der Waals surface area contributed by atoms with Gasteiger partial charge < -0.3 is 11.1 Å². The van der Waals surface area contributed by atoms with Gasteiger partial charge in [-0.2, -0.15) is 0 Å². The molecule has 0 spiro atoms. The van der Waals surface area contributed by atoms with Crippen molar-refractivity contribution in [2.75, 3.05) is 5.32 Å². The van der Waals surface area contributed by atoms with E-state index in [4.69, 9.17) is 5.73 Å². The van der Waals surface area contributed by atoms with Gasteiger partial charge in [0.05, 0.1) is 29.3 Å². The summed E-state index contributed by atoms with van der Waals surface area (Å²) in [5.41, 5.74) is 6.99. The molecule has 1 heterocycles. The standard InChI is InChI=1S/C15H19N5O/c16-15(8-4-1-5-9-15)14(21)18-12-6-2-3-7-13(12)20-11-10-17-19-20/h2-3,6-7,10-11H,1,4-5,8-9,16H2,(H,18,21). The third-order valence-electron chi connectivity index (χ3n) is 4.02. The van der Waals surface area contributed by atoms with E-state index in [1.165, 1.54) is 0 Å². The van der Waals surface area contributed by atoms with E-state index < -0.39 is 5.54 Å². The Morgan fingerprint density at radius 1 is 1.24 bits per heavy atom. The molecule has 1 aliphatic carbocycles. The van der Waals surface area contributed by atoms with E-state index in [-0.39, 0.29) is 5.91 Å². The maximum atomic E-state index is 12.5. The Morgan fingerprint density at radius 3 is 2.71 bits per heavy atom. The minimum Gasteiger partial charge on any atom is -0.323 e. The molecule has 0 atom stereocenters. The lowest BCUT2D eigenvalue weighted by Crippen LogP contribution is -2.52. The number of benzene rings is 1. The molecule has 2 aromatic rings. The molecule has 110 valence electrons. The van der Waals surface area contributed by atoms with Crippen LogP contribution in [-0.2, 0) is 4.79 Å². The highest BCUT2D eigenvalue weighted by Crippen LogP contribution is 2.28. The van der Waals surface area contributed by atoms with Gasteiger partial charge in [-0.25, -0.2) is 4.68 Å². The fourth-order valence-electron chi connectivity index (χ4n) is 2.77. The first-order valence-electron chi connectivity index (χ1n) is 7.25. The summed E-state index contributed by atoms with van der Waals surface area (Å²) in [6, 6.07) is 7.50. The van der Waals surface area contributed by atoms with Gasteiger partial charge in [0.1, 0.15) is 0 Å². The number of aromatic nitrogens is 3. The minimum absolute atomic E-state index is 0.116. The molecular weight excluding hydrogens is 266 g/mol. The van der Waals surface area contributed by atoms with Gasteiger partial charge in [-0.3, -0.25) is 4.79 Å². The first kappa shape index (κ1) is 13.8. The number of nitrogens with one attached hydrogen (secondary N) is 1. The van der Waals surface area contributed by atoms with Crippen molar-refractivity contribution in [2.45, 2.75) is 37.6 Å². The maximum absolute atomic E-state index is 12.5. The number of nitrogens with two attached hydrogens (primary N) is 1. The van der Waals surface area contributed by atoms with Crippen LogP contribution in [-0.4, -0.2) is 26.4 Å².